The largest absolute Gasteiger partial charge is 0.459 e. The number of nitrogens with zero attached hydrogens (tertiary/aromatic N) is 1. The SMILES string of the molecule is CC[Si](CC)(CC)OC(C)(C)C[C@@H](OC(=O)CCNC(=O)OC(C)(C)C)C(=O)N1CCC[C@H]1C(=O)OCc1ccccc1. The molecule has 2 atom stereocenters. The second-order valence-corrected chi connectivity index (χ2v) is 17.4. The number of amides is 2. The standard InChI is InChI=1S/C32H52N2O8Si/c1-9-43(10-2,11-3)42-32(7,8)22-26(40-27(35)19-20-33-30(38)41-31(4,5)6)28(36)34-21-15-18-25(34)29(37)39-23-24-16-13-12-14-17-24/h12-14,16-17,25-26H,9-11,15,18-23H2,1-8H3,(H,33,38)/t25-,26+/m0/s1. The maximum atomic E-state index is 14.0. The lowest BCUT2D eigenvalue weighted by atomic mass is 9.99. The number of carbonyl (C=O) groups excluding carboxylic acids is 4. The Labute approximate surface area is 258 Å². The Balaban J connectivity index is 2.17. The van der Waals surface area contributed by atoms with E-state index in [0.717, 1.165) is 23.7 Å². The average molecular weight is 621 g/mol. The topological polar surface area (TPSA) is 120 Å². The van der Waals surface area contributed by atoms with Crippen LogP contribution in [-0.2, 0) is 39.6 Å². The number of hydrogen-bond acceptors (Lipinski definition) is 8. The predicted molar refractivity (Wildman–Crippen MR) is 167 cm³/mol. The van der Waals surface area contributed by atoms with Gasteiger partial charge in [0.25, 0.3) is 5.91 Å². The fourth-order valence-corrected chi connectivity index (χ4v) is 8.49. The van der Waals surface area contributed by atoms with Crippen LogP contribution in [0.2, 0.25) is 18.1 Å². The summed E-state index contributed by atoms with van der Waals surface area (Å²) in [4.78, 5) is 53.5. The van der Waals surface area contributed by atoms with Gasteiger partial charge in [0.15, 0.2) is 14.4 Å². The van der Waals surface area contributed by atoms with Crippen molar-refractivity contribution < 1.29 is 37.8 Å². The third-order valence-electron chi connectivity index (χ3n) is 7.68. The van der Waals surface area contributed by atoms with Crippen molar-refractivity contribution in [2.24, 2.45) is 0 Å². The number of carbonyl (C=O) groups is 4. The summed E-state index contributed by atoms with van der Waals surface area (Å²) in [6.07, 6.45) is -0.718. The number of benzene rings is 1. The van der Waals surface area contributed by atoms with Crippen molar-refractivity contribution in [3.63, 3.8) is 0 Å². The molecule has 1 aromatic carbocycles. The summed E-state index contributed by atoms with van der Waals surface area (Å²) in [5, 5.41) is 2.54. The van der Waals surface area contributed by atoms with Gasteiger partial charge >= 0.3 is 18.0 Å². The minimum atomic E-state index is -2.05. The van der Waals surface area contributed by atoms with Gasteiger partial charge in [0.2, 0.25) is 0 Å². The Hall–Kier alpha value is -2.92. The average Bonchev–Trinajstić information content (AvgIpc) is 3.43. The second-order valence-electron chi connectivity index (χ2n) is 12.7. The monoisotopic (exact) mass is 620 g/mol. The summed E-state index contributed by atoms with van der Waals surface area (Å²) in [5.74, 6) is -1.56. The highest BCUT2D eigenvalue weighted by atomic mass is 28.4. The van der Waals surface area contributed by atoms with Crippen LogP contribution in [0, 0.1) is 0 Å². The third-order valence-corrected chi connectivity index (χ3v) is 12.5. The zero-order valence-electron chi connectivity index (χ0n) is 27.3. The molecule has 0 bridgehead atoms. The summed E-state index contributed by atoms with van der Waals surface area (Å²) < 4.78 is 23.3. The molecule has 1 aliphatic rings. The van der Waals surface area contributed by atoms with E-state index in [2.05, 4.69) is 26.1 Å². The highest BCUT2D eigenvalue weighted by Crippen LogP contribution is 2.32. The molecule has 0 radical (unpaired) electrons. The van der Waals surface area contributed by atoms with Crippen LogP contribution in [0.4, 0.5) is 4.79 Å². The van der Waals surface area contributed by atoms with Gasteiger partial charge in [0.05, 0.1) is 12.0 Å². The van der Waals surface area contributed by atoms with Crippen molar-refractivity contribution >= 4 is 32.3 Å². The first-order valence-corrected chi connectivity index (χ1v) is 18.0. The Bertz CT molecular complexity index is 1060. The van der Waals surface area contributed by atoms with Gasteiger partial charge in [-0.2, -0.15) is 0 Å². The lowest BCUT2D eigenvalue weighted by Crippen LogP contribution is -2.51. The molecule has 0 saturated carbocycles. The van der Waals surface area contributed by atoms with E-state index in [1.807, 2.05) is 44.2 Å². The lowest BCUT2D eigenvalue weighted by molar-refractivity contribution is -0.166. The maximum absolute atomic E-state index is 14.0. The number of alkyl carbamates (subject to hydrolysis) is 1. The van der Waals surface area contributed by atoms with E-state index in [1.54, 1.807) is 20.8 Å². The number of rotatable bonds is 15. The van der Waals surface area contributed by atoms with E-state index < -0.39 is 55.6 Å². The summed E-state index contributed by atoms with van der Waals surface area (Å²) >= 11 is 0. The number of ether oxygens (including phenoxy) is 3. The molecule has 11 heteroatoms. The molecular weight excluding hydrogens is 568 g/mol. The molecule has 0 spiro atoms. The molecule has 10 nitrogen and oxygen atoms in total. The molecule has 1 N–H and O–H groups in total. The summed E-state index contributed by atoms with van der Waals surface area (Å²) in [6.45, 7) is 15.9. The molecule has 1 aliphatic heterocycles. The van der Waals surface area contributed by atoms with Crippen LogP contribution >= 0.6 is 0 Å². The molecule has 0 unspecified atom stereocenters. The molecule has 1 heterocycles. The van der Waals surface area contributed by atoms with Crippen LogP contribution in [0.15, 0.2) is 30.3 Å². The molecule has 242 valence electrons. The van der Waals surface area contributed by atoms with E-state index in [-0.39, 0.29) is 26.0 Å². The molecule has 1 fully saturated rings. The molecule has 0 aliphatic carbocycles. The zero-order chi connectivity index (χ0) is 32.3. The van der Waals surface area contributed by atoms with Gasteiger partial charge < -0.3 is 28.9 Å². The molecular formula is C32H52N2O8Si. The van der Waals surface area contributed by atoms with E-state index in [4.69, 9.17) is 18.6 Å². The minimum Gasteiger partial charge on any atom is -0.459 e. The van der Waals surface area contributed by atoms with Crippen molar-refractivity contribution in [3.8, 4) is 0 Å². The van der Waals surface area contributed by atoms with E-state index in [1.165, 1.54) is 4.90 Å². The van der Waals surface area contributed by atoms with Crippen LogP contribution in [0.25, 0.3) is 0 Å². The normalized spacial score (nSPS) is 16.4. The fraction of sp³-hybridized carbons (Fsp3) is 0.688. The molecule has 43 heavy (non-hydrogen) atoms. The molecule has 2 amide bonds. The van der Waals surface area contributed by atoms with Gasteiger partial charge in [-0.25, -0.2) is 9.59 Å². The van der Waals surface area contributed by atoms with Crippen LogP contribution in [0.3, 0.4) is 0 Å². The van der Waals surface area contributed by atoms with Gasteiger partial charge in [0, 0.05) is 19.5 Å². The third kappa shape index (κ3) is 11.9. The quantitative estimate of drug-likeness (QED) is 0.150. The Kier molecular flexibility index (Phi) is 13.7. The van der Waals surface area contributed by atoms with E-state index in [9.17, 15) is 19.2 Å². The first kappa shape index (κ1) is 36.3. The van der Waals surface area contributed by atoms with Gasteiger partial charge in [-0.1, -0.05) is 51.1 Å². The van der Waals surface area contributed by atoms with E-state index in [0.29, 0.717) is 19.4 Å². The first-order valence-electron chi connectivity index (χ1n) is 15.5. The van der Waals surface area contributed by atoms with Gasteiger partial charge in [-0.3, -0.25) is 9.59 Å². The fourth-order valence-electron chi connectivity index (χ4n) is 5.30. The zero-order valence-corrected chi connectivity index (χ0v) is 28.3. The summed E-state index contributed by atoms with van der Waals surface area (Å²) in [5.41, 5.74) is -0.573. The van der Waals surface area contributed by atoms with Crippen LogP contribution in [-0.4, -0.2) is 73.6 Å². The van der Waals surface area contributed by atoms with Crippen LogP contribution in [0.5, 0.6) is 0 Å². The lowest BCUT2D eigenvalue weighted by Gasteiger charge is -2.40. The number of esters is 2. The molecule has 2 rings (SSSR count). The number of likely N-dealkylation sites (tertiary alicyclic amines) is 1. The van der Waals surface area contributed by atoms with Crippen molar-refractivity contribution in [3.05, 3.63) is 35.9 Å². The second kappa shape index (κ2) is 16.2. The summed E-state index contributed by atoms with van der Waals surface area (Å²) in [7, 11) is -2.05. The van der Waals surface area contributed by atoms with Crippen LogP contribution in [0.1, 0.15) is 86.6 Å². The van der Waals surface area contributed by atoms with E-state index >= 15 is 0 Å². The van der Waals surface area contributed by atoms with Gasteiger partial charge in [-0.05, 0) is 71.2 Å². The van der Waals surface area contributed by atoms with Crippen molar-refractivity contribution in [1.82, 2.24) is 10.2 Å². The number of nitrogens with one attached hydrogen (secondary N) is 1. The maximum Gasteiger partial charge on any atom is 0.407 e. The van der Waals surface area contributed by atoms with Crippen molar-refractivity contribution in [2.45, 2.75) is 129 Å². The predicted octanol–water partition coefficient (Wildman–Crippen LogP) is 5.74. The van der Waals surface area contributed by atoms with Gasteiger partial charge in [-0.15, -0.1) is 0 Å². The minimum absolute atomic E-state index is 0.00969. The Morgan fingerprint density at radius 1 is 1.00 bits per heavy atom. The Morgan fingerprint density at radius 2 is 1.63 bits per heavy atom. The molecule has 1 aromatic rings. The van der Waals surface area contributed by atoms with Gasteiger partial charge in [0.1, 0.15) is 18.2 Å². The highest BCUT2D eigenvalue weighted by molar-refractivity contribution is 6.73. The Morgan fingerprint density at radius 3 is 2.21 bits per heavy atom. The van der Waals surface area contributed by atoms with Crippen LogP contribution < -0.4 is 5.32 Å². The van der Waals surface area contributed by atoms with Crippen molar-refractivity contribution in [1.29, 1.82) is 0 Å². The summed E-state index contributed by atoms with van der Waals surface area (Å²) in [6, 6.07) is 11.4. The first-order chi connectivity index (χ1) is 20.1. The molecule has 0 aromatic heterocycles. The smallest absolute Gasteiger partial charge is 0.407 e. The number of hydrogen-bond donors (Lipinski definition) is 1. The highest BCUT2D eigenvalue weighted by Gasteiger charge is 2.43. The van der Waals surface area contributed by atoms with Crippen molar-refractivity contribution in [2.75, 3.05) is 13.1 Å². The molecule has 1 saturated heterocycles.